The van der Waals surface area contributed by atoms with Crippen molar-refractivity contribution in [1.82, 2.24) is 10.2 Å². The minimum Gasteiger partial charge on any atom is -0.496 e. The van der Waals surface area contributed by atoms with Crippen molar-refractivity contribution in [3.63, 3.8) is 0 Å². The Morgan fingerprint density at radius 2 is 1.84 bits per heavy atom. The Morgan fingerprint density at radius 1 is 1.21 bits per heavy atom. The summed E-state index contributed by atoms with van der Waals surface area (Å²) in [6.07, 6.45) is 0. The summed E-state index contributed by atoms with van der Waals surface area (Å²) in [7, 11) is 6.11. The van der Waals surface area contributed by atoms with Gasteiger partial charge in [0.25, 0.3) is 0 Å². The standard InChI is InChI=1S/C16H26N2O/c1-10-7-14(19-6)11(2)12(3)15(10)16(18(4)5)13-8-17-9-13/h7,13,16-17H,8-9H2,1-6H3. The molecule has 3 heteroatoms. The Morgan fingerprint density at radius 3 is 2.26 bits per heavy atom. The highest BCUT2D eigenvalue weighted by Gasteiger charge is 2.32. The summed E-state index contributed by atoms with van der Waals surface area (Å²) in [6.45, 7) is 8.82. The number of hydrogen-bond acceptors (Lipinski definition) is 3. The van der Waals surface area contributed by atoms with E-state index in [-0.39, 0.29) is 0 Å². The van der Waals surface area contributed by atoms with Gasteiger partial charge in [0.05, 0.1) is 7.11 Å². The van der Waals surface area contributed by atoms with Gasteiger partial charge in [0.15, 0.2) is 0 Å². The number of benzene rings is 1. The molecule has 0 aliphatic carbocycles. The molecule has 0 radical (unpaired) electrons. The van der Waals surface area contributed by atoms with Crippen molar-refractivity contribution < 1.29 is 4.74 Å². The number of nitrogens with zero attached hydrogens (tertiary/aromatic N) is 1. The first kappa shape index (κ1) is 14.4. The summed E-state index contributed by atoms with van der Waals surface area (Å²) >= 11 is 0. The lowest BCUT2D eigenvalue weighted by Gasteiger charge is -2.40. The third kappa shape index (κ3) is 2.49. The number of rotatable bonds is 4. The van der Waals surface area contributed by atoms with Gasteiger partial charge in [-0.1, -0.05) is 0 Å². The SMILES string of the molecule is COc1cc(C)c(C(C2CNC2)N(C)C)c(C)c1C. The van der Waals surface area contributed by atoms with Crippen LogP contribution in [0.1, 0.15) is 28.3 Å². The molecule has 1 N–H and O–H groups in total. The van der Waals surface area contributed by atoms with Crippen LogP contribution in [-0.2, 0) is 0 Å². The molecule has 1 aromatic rings. The van der Waals surface area contributed by atoms with Gasteiger partial charge in [-0.15, -0.1) is 0 Å². The van der Waals surface area contributed by atoms with Crippen LogP contribution in [0.5, 0.6) is 5.75 Å². The highest BCUT2D eigenvalue weighted by molar-refractivity contribution is 5.49. The van der Waals surface area contributed by atoms with E-state index >= 15 is 0 Å². The predicted octanol–water partition coefficient (Wildman–Crippen LogP) is 2.44. The zero-order valence-electron chi connectivity index (χ0n) is 13.0. The van der Waals surface area contributed by atoms with E-state index < -0.39 is 0 Å². The molecule has 1 fully saturated rings. The van der Waals surface area contributed by atoms with E-state index in [1.54, 1.807) is 7.11 Å². The first-order valence-electron chi connectivity index (χ1n) is 6.99. The highest BCUT2D eigenvalue weighted by atomic mass is 16.5. The lowest BCUT2D eigenvalue weighted by molar-refractivity contribution is 0.159. The van der Waals surface area contributed by atoms with E-state index in [0.29, 0.717) is 12.0 Å². The number of ether oxygens (including phenoxy) is 1. The molecule has 1 aliphatic heterocycles. The van der Waals surface area contributed by atoms with E-state index in [1.807, 2.05) is 0 Å². The smallest absolute Gasteiger partial charge is 0.122 e. The van der Waals surface area contributed by atoms with Crippen LogP contribution >= 0.6 is 0 Å². The van der Waals surface area contributed by atoms with E-state index in [4.69, 9.17) is 4.74 Å². The van der Waals surface area contributed by atoms with Crippen molar-refractivity contribution in [2.24, 2.45) is 5.92 Å². The number of hydrogen-bond donors (Lipinski definition) is 1. The van der Waals surface area contributed by atoms with Gasteiger partial charge in [0.1, 0.15) is 5.75 Å². The van der Waals surface area contributed by atoms with Crippen molar-refractivity contribution in [3.05, 3.63) is 28.3 Å². The minimum absolute atomic E-state index is 0.492. The molecule has 1 atom stereocenters. The maximum atomic E-state index is 5.48. The molecular formula is C16H26N2O. The first-order valence-corrected chi connectivity index (χ1v) is 6.99. The van der Waals surface area contributed by atoms with Crippen LogP contribution in [-0.4, -0.2) is 39.2 Å². The van der Waals surface area contributed by atoms with Gasteiger partial charge >= 0.3 is 0 Å². The molecule has 1 saturated heterocycles. The van der Waals surface area contributed by atoms with Crippen LogP contribution in [0.15, 0.2) is 6.07 Å². The molecule has 3 nitrogen and oxygen atoms in total. The van der Waals surface area contributed by atoms with Crippen LogP contribution in [0.25, 0.3) is 0 Å². The lowest BCUT2D eigenvalue weighted by Crippen LogP contribution is -2.49. The van der Waals surface area contributed by atoms with Crippen LogP contribution in [0.2, 0.25) is 0 Å². The molecule has 2 rings (SSSR count). The minimum atomic E-state index is 0.492. The number of nitrogens with one attached hydrogen (secondary N) is 1. The molecule has 1 aliphatic rings. The van der Waals surface area contributed by atoms with Gasteiger partial charge in [0, 0.05) is 25.0 Å². The lowest BCUT2D eigenvalue weighted by atomic mass is 9.82. The molecule has 1 unspecified atom stereocenters. The molecule has 0 saturated carbocycles. The Hall–Kier alpha value is -1.06. The second-order valence-corrected chi connectivity index (χ2v) is 5.89. The Balaban J connectivity index is 2.50. The fraction of sp³-hybridized carbons (Fsp3) is 0.625. The molecule has 1 aromatic carbocycles. The summed E-state index contributed by atoms with van der Waals surface area (Å²) in [6, 6.07) is 2.67. The van der Waals surface area contributed by atoms with Crippen molar-refractivity contribution in [2.45, 2.75) is 26.8 Å². The molecule has 0 spiro atoms. The second kappa shape index (κ2) is 5.51. The topological polar surface area (TPSA) is 24.5 Å². The van der Waals surface area contributed by atoms with E-state index in [9.17, 15) is 0 Å². The van der Waals surface area contributed by atoms with Crippen molar-refractivity contribution in [1.29, 1.82) is 0 Å². The molecule has 0 bridgehead atoms. The van der Waals surface area contributed by atoms with Gasteiger partial charge in [-0.2, -0.15) is 0 Å². The summed E-state index contributed by atoms with van der Waals surface area (Å²) in [5.41, 5.74) is 5.46. The number of aryl methyl sites for hydroxylation is 1. The van der Waals surface area contributed by atoms with E-state index in [2.05, 4.69) is 51.1 Å². The van der Waals surface area contributed by atoms with E-state index in [0.717, 1.165) is 18.8 Å². The van der Waals surface area contributed by atoms with Gasteiger partial charge in [-0.05, 0) is 63.2 Å². The van der Waals surface area contributed by atoms with Gasteiger partial charge < -0.3 is 15.0 Å². The second-order valence-electron chi connectivity index (χ2n) is 5.89. The van der Waals surface area contributed by atoms with Crippen molar-refractivity contribution in [3.8, 4) is 5.75 Å². The fourth-order valence-electron chi connectivity index (χ4n) is 3.18. The van der Waals surface area contributed by atoms with Crippen molar-refractivity contribution in [2.75, 3.05) is 34.3 Å². The normalized spacial score (nSPS) is 17.4. The van der Waals surface area contributed by atoms with Gasteiger partial charge in [-0.3, -0.25) is 0 Å². The highest BCUT2D eigenvalue weighted by Crippen LogP contribution is 2.37. The third-order valence-corrected chi connectivity index (χ3v) is 4.44. The Kier molecular flexibility index (Phi) is 4.16. The molecular weight excluding hydrogens is 236 g/mol. The Labute approximate surface area is 116 Å². The molecule has 1 heterocycles. The maximum absolute atomic E-state index is 5.48. The first-order chi connectivity index (χ1) is 8.97. The zero-order valence-corrected chi connectivity index (χ0v) is 13.0. The summed E-state index contributed by atoms with van der Waals surface area (Å²) in [5.74, 6) is 1.71. The van der Waals surface area contributed by atoms with E-state index in [1.165, 1.54) is 22.3 Å². The number of methoxy groups -OCH3 is 1. The molecule has 19 heavy (non-hydrogen) atoms. The average Bonchev–Trinajstić information content (AvgIpc) is 2.30. The van der Waals surface area contributed by atoms with Gasteiger partial charge in [-0.25, -0.2) is 0 Å². The summed E-state index contributed by atoms with van der Waals surface area (Å²) in [4.78, 5) is 2.35. The average molecular weight is 262 g/mol. The van der Waals surface area contributed by atoms with Crippen LogP contribution in [0, 0.1) is 26.7 Å². The maximum Gasteiger partial charge on any atom is 0.122 e. The largest absolute Gasteiger partial charge is 0.496 e. The zero-order chi connectivity index (χ0) is 14.2. The quantitative estimate of drug-likeness (QED) is 0.902. The van der Waals surface area contributed by atoms with Crippen LogP contribution < -0.4 is 10.1 Å². The van der Waals surface area contributed by atoms with Crippen LogP contribution in [0.4, 0.5) is 0 Å². The Bertz CT molecular complexity index is 464. The molecule has 0 amide bonds. The summed E-state index contributed by atoms with van der Waals surface area (Å²) in [5, 5.41) is 3.39. The predicted molar refractivity (Wildman–Crippen MR) is 80.0 cm³/mol. The molecule has 0 aromatic heterocycles. The monoisotopic (exact) mass is 262 g/mol. The molecule has 106 valence electrons. The third-order valence-electron chi connectivity index (χ3n) is 4.44. The fourth-order valence-corrected chi connectivity index (χ4v) is 3.18. The van der Waals surface area contributed by atoms with Crippen LogP contribution in [0.3, 0.4) is 0 Å². The summed E-state index contributed by atoms with van der Waals surface area (Å²) < 4.78 is 5.48. The van der Waals surface area contributed by atoms with Crippen molar-refractivity contribution >= 4 is 0 Å². The van der Waals surface area contributed by atoms with Gasteiger partial charge in [0.2, 0.25) is 0 Å².